The van der Waals surface area contributed by atoms with Gasteiger partial charge in [-0.3, -0.25) is 10.1 Å². The third-order valence-corrected chi connectivity index (χ3v) is 4.37. The summed E-state index contributed by atoms with van der Waals surface area (Å²) in [5, 5.41) is 10.8. The maximum absolute atomic E-state index is 10.8. The van der Waals surface area contributed by atoms with Gasteiger partial charge in [0.2, 0.25) is 0 Å². The van der Waals surface area contributed by atoms with E-state index in [1.54, 1.807) is 6.07 Å². The van der Waals surface area contributed by atoms with Gasteiger partial charge in [-0.25, -0.2) is 0 Å². The molecule has 0 spiro atoms. The van der Waals surface area contributed by atoms with Crippen molar-refractivity contribution in [3.63, 3.8) is 0 Å². The van der Waals surface area contributed by atoms with Crippen molar-refractivity contribution in [3.8, 4) is 0 Å². The van der Waals surface area contributed by atoms with E-state index < -0.39 is 0 Å². The highest BCUT2D eigenvalue weighted by atomic mass is 127. The van der Waals surface area contributed by atoms with E-state index in [2.05, 4.69) is 11.8 Å². The van der Waals surface area contributed by atoms with Crippen molar-refractivity contribution in [2.75, 3.05) is 18.0 Å². The Kier molecular flexibility index (Phi) is 4.42. The van der Waals surface area contributed by atoms with Gasteiger partial charge in [-0.15, -0.1) is 0 Å². The number of benzene rings is 1. The fourth-order valence-corrected chi connectivity index (χ4v) is 3.06. The number of hydrogen-bond acceptors (Lipinski definition) is 3. The van der Waals surface area contributed by atoms with Gasteiger partial charge in [0.1, 0.15) is 0 Å². The van der Waals surface area contributed by atoms with E-state index in [1.807, 2.05) is 34.7 Å². The van der Waals surface area contributed by atoms with Crippen LogP contribution in [-0.2, 0) is 0 Å². The van der Waals surface area contributed by atoms with Crippen LogP contribution in [0.2, 0.25) is 0 Å². The Morgan fingerprint density at radius 2 is 2.17 bits per heavy atom. The summed E-state index contributed by atoms with van der Waals surface area (Å²) in [5.74, 6) is 0.784. The van der Waals surface area contributed by atoms with Crippen LogP contribution in [-0.4, -0.2) is 18.0 Å². The number of nitrogens with zero attached hydrogens (tertiary/aromatic N) is 2. The third-order valence-electron chi connectivity index (χ3n) is 3.51. The van der Waals surface area contributed by atoms with Crippen LogP contribution in [0.15, 0.2) is 18.2 Å². The van der Waals surface area contributed by atoms with Crippen LogP contribution >= 0.6 is 22.6 Å². The minimum atomic E-state index is -0.323. The number of hydrogen-bond donors (Lipinski definition) is 0. The molecular weight excluding hydrogens is 343 g/mol. The van der Waals surface area contributed by atoms with Crippen LogP contribution in [0.25, 0.3) is 0 Å². The maximum atomic E-state index is 10.8. The second-order valence-corrected chi connectivity index (χ2v) is 6.08. The lowest BCUT2D eigenvalue weighted by Gasteiger charge is -2.22. The zero-order valence-electron chi connectivity index (χ0n) is 10.4. The van der Waals surface area contributed by atoms with Crippen molar-refractivity contribution < 1.29 is 4.92 Å². The Bertz CT molecular complexity index is 451. The molecular formula is C13H17IN2O2. The first kappa shape index (κ1) is 13.6. The normalized spacial score (nSPS) is 20.6. The maximum Gasteiger partial charge on any atom is 0.282 e. The van der Waals surface area contributed by atoms with Crippen molar-refractivity contribution in [3.05, 3.63) is 31.9 Å². The van der Waals surface area contributed by atoms with E-state index in [0.29, 0.717) is 3.57 Å². The van der Waals surface area contributed by atoms with Gasteiger partial charge in [0.05, 0.1) is 8.49 Å². The molecule has 1 unspecified atom stereocenters. The van der Waals surface area contributed by atoms with E-state index >= 15 is 0 Å². The molecule has 0 bridgehead atoms. The highest BCUT2D eigenvalue weighted by molar-refractivity contribution is 14.1. The molecule has 0 radical (unpaired) electrons. The third kappa shape index (κ3) is 3.13. The number of anilines is 1. The highest BCUT2D eigenvalue weighted by Gasteiger charge is 2.17. The predicted molar refractivity (Wildman–Crippen MR) is 81.0 cm³/mol. The van der Waals surface area contributed by atoms with E-state index in [-0.39, 0.29) is 10.6 Å². The standard InChI is InChI=1S/C13H17IN2O2/c1-10-3-2-7-15(8-6-10)11-4-5-13(16(17)18)12(14)9-11/h4-5,9-10H,2-3,6-8H2,1H3. The smallest absolute Gasteiger partial charge is 0.282 e. The number of halogens is 1. The zero-order chi connectivity index (χ0) is 13.1. The van der Waals surface area contributed by atoms with Crippen LogP contribution in [0.1, 0.15) is 26.2 Å². The van der Waals surface area contributed by atoms with E-state index in [1.165, 1.54) is 19.3 Å². The Morgan fingerprint density at radius 1 is 1.39 bits per heavy atom. The molecule has 4 nitrogen and oxygen atoms in total. The van der Waals surface area contributed by atoms with Crippen molar-refractivity contribution >= 4 is 34.0 Å². The Morgan fingerprint density at radius 3 is 2.83 bits per heavy atom. The quantitative estimate of drug-likeness (QED) is 0.458. The summed E-state index contributed by atoms with van der Waals surface area (Å²) < 4.78 is 0.715. The molecule has 1 aliphatic rings. The molecule has 0 N–H and O–H groups in total. The van der Waals surface area contributed by atoms with Crippen LogP contribution in [0.3, 0.4) is 0 Å². The van der Waals surface area contributed by atoms with Gasteiger partial charge >= 0.3 is 0 Å². The van der Waals surface area contributed by atoms with Crippen molar-refractivity contribution in [1.29, 1.82) is 0 Å². The van der Waals surface area contributed by atoms with E-state index in [4.69, 9.17) is 0 Å². The lowest BCUT2D eigenvalue weighted by atomic mass is 10.0. The largest absolute Gasteiger partial charge is 0.371 e. The van der Waals surface area contributed by atoms with Crippen LogP contribution < -0.4 is 4.90 Å². The minimum Gasteiger partial charge on any atom is -0.371 e. The first-order valence-electron chi connectivity index (χ1n) is 6.27. The Labute approximate surface area is 121 Å². The van der Waals surface area contributed by atoms with Gasteiger partial charge in [0.15, 0.2) is 0 Å². The molecule has 0 aliphatic carbocycles. The van der Waals surface area contributed by atoms with Crippen molar-refractivity contribution in [2.24, 2.45) is 5.92 Å². The number of nitro benzene ring substituents is 1. The molecule has 18 heavy (non-hydrogen) atoms. The fraction of sp³-hybridized carbons (Fsp3) is 0.538. The van der Waals surface area contributed by atoms with Gasteiger partial charge in [0, 0.05) is 24.8 Å². The average molecular weight is 360 g/mol. The molecule has 2 rings (SSSR count). The molecule has 0 aromatic heterocycles. The lowest BCUT2D eigenvalue weighted by molar-refractivity contribution is -0.385. The fourth-order valence-electron chi connectivity index (χ4n) is 2.36. The number of rotatable bonds is 2. The summed E-state index contributed by atoms with van der Waals surface area (Å²) >= 11 is 2.04. The summed E-state index contributed by atoms with van der Waals surface area (Å²) in [4.78, 5) is 12.8. The Hall–Kier alpha value is -0.850. The lowest BCUT2D eigenvalue weighted by Crippen LogP contribution is -2.24. The molecule has 1 saturated heterocycles. The molecule has 1 aliphatic heterocycles. The van der Waals surface area contributed by atoms with Crippen LogP contribution in [0.5, 0.6) is 0 Å². The highest BCUT2D eigenvalue weighted by Crippen LogP contribution is 2.28. The SMILES string of the molecule is CC1CCCN(c2ccc([N+](=O)[O-])c(I)c2)CC1. The van der Waals surface area contributed by atoms with E-state index in [0.717, 1.165) is 24.7 Å². The van der Waals surface area contributed by atoms with Gasteiger partial charge in [0.25, 0.3) is 5.69 Å². The molecule has 98 valence electrons. The molecule has 1 heterocycles. The minimum absolute atomic E-state index is 0.197. The Balaban J connectivity index is 2.18. The zero-order valence-corrected chi connectivity index (χ0v) is 12.6. The summed E-state index contributed by atoms with van der Waals surface area (Å²) in [7, 11) is 0. The van der Waals surface area contributed by atoms with Crippen LogP contribution in [0.4, 0.5) is 11.4 Å². The monoisotopic (exact) mass is 360 g/mol. The first-order valence-corrected chi connectivity index (χ1v) is 7.34. The summed E-state index contributed by atoms with van der Waals surface area (Å²) in [6, 6.07) is 5.41. The molecule has 1 fully saturated rings. The van der Waals surface area contributed by atoms with Gasteiger partial charge in [-0.2, -0.15) is 0 Å². The average Bonchev–Trinajstić information content (AvgIpc) is 2.53. The van der Waals surface area contributed by atoms with Gasteiger partial charge in [-0.1, -0.05) is 6.92 Å². The molecule has 0 amide bonds. The molecule has 1 aromatic rings. The molecule has 5 heteroatoms. The van der Waals surface area contributed by atoms with Gasteiger partial charge < -0.3 is 4.90 Å². The topological polar surface area (TPSA) is 46.4 Å². The summed E-state index contributed by atoms with van der Waals surface area (Å²) in [6.45, 7) is 4.40. The van der Waals surface area contributed by atoms with Crippen LogP contribution in [0, 0.1) is 19.6 Å². The second-order valence-electron chi connectivity index (χ2n) is 4.92. The predicted octanol–water partition coefficient (Wildman–Crippen LogP) is 3.83. The summed E-state index contributed by atoms with van der Waals surface area (Å²) in [6.07, 6.45) is 3.68. The first-order chi connectivity index (χ1) is 8.58. The van der Waals surface area contributed by atoms with Gasteiger partial charge in [-0.05, 0) is 59.9 Å². The second kappa shape index (κ2) is 5.86. The molecule has 1 aromatic carbocycles. The van der Waals surface area contributed by atoms with Crippen molar-refractivity contribution in [1.82, 2.24) is 0 Å². The summed E-state index contributed by atoms with van der Waals surface area (Å²) in [5.41, 5.74) is 1.31. The molecule has 0 saturated carbocycles. The van der Waals surface area contributed by atoms with Crippen molar-refractivity contribution in [2.45, 2.75) is 26.2 Å². The molecule has 1 atom stereocenters. The van der Waals surface area contributed by atoms with E-state index in [9.17, 15) is 10.1 Å². The number of nitro groups is 1.